The number of carbonyl (C=O) groups excluding carboxylic acids is 1. The summed E-state index contributed by atoms with van der Waals surface area (Å²) < 4.78 is 39.4. The normalized spacial score (nSPS) is 11.2. The molecular weight excluding hydrogens is 263 g/mol. The van der Waals surface area contributed by atoms with Gasteiger partial charge >= 0.3 is 6.36 Å². The van der Waals surface area contributed by atoms with Gasteiger partial charge in [0.2, 0.25) is 0 Å². The summed E-state index contributed by atoms with van der Waals surface area (Å²) in [6.45, 7) is 0.458. The van der Waals surface area contributed by atoms with Crippen molar-refractivity contribution in [3.8, 4) is 5.75 Å². The number of rotatable bonds is 6. The van der Waals surface area contributed by atoms with E-state index in [1.54, 1.807) is 0 Å². The Morgan fingerprint density at radius 2 is 1.84 bits per heavy atom. The van der Waals surface area contributed by atoms with Crippen LogP contribution in [0.15, 0.2) is 24.3 Å². The van der Waals surface area contributed by atoms with Gasteiger partial charge in [-0.15, -0.1) is 13.2 Å². The Kier molecular flexibility index (Phi) is 5.62. The molecule has 0 aliphatic heterocycles. The van der Waals surface area contributed by atoms with Crippen LogP contribution in [0.3, 0.4) is 0 Å². The molecule has 1 aromatic rings. The summed E-state index contributed by atoms with van der Waals surface area (Å²) in [5, 5.41) is 11.1. The number of benzene rings is 1. The van der Waals surface area contributed by atoms with Gasteiger partial charge in [-0.3, -0.25) is 4.79 Å². The molecule has 0 aromatic heterocycles. The predicted octanol–water partition coefficient (Wildman–Crippen LogP) is 2.09. The van der Waals surface area contributed by atoms with Crippen LogP contribution in [-0.4, -0.2) is 30.5 Å². The van der Waals surface area contributed by atoms with Crippen molar-refractivity contribution in [2.75, 3.05) is 13.2 Å². The molecule has 4 nitrogen and oxygen atoms in total. The number of ether oxygens (including phenoxy) is 1. The standard InChI is InChI=1S/C12H14F3NO3/c13-12(14,15)19-10-5-3-9(4-6-10)11(18)16-7-1-2-8-17/h3-6,17H,1-2,7-8H2,(H,16,18). The average Bonchev–Trinajstić information content (AvgIpc) is 2.33. The first kappa shape index (κ1) is 15.3. The van der Waals surface area contributed by atoms with Crippen LogP contribution in [0.2, 0.25) is 0 Å². The molecule has 2 N–H and O–H groups in total. The van der Waals surface area contributed by atoms with Crippen molar-refractivity contribution in [2.24, 2.45) is 0 Å². The van der Waals surface area contributed by atoms with E-state index in [1.807, 2.05) is 0 Å². The highest BCUT2D eigenvalue weighted by Gasteiger charge is 2.31. The minimum Gasteiger partial charge on any atom is -0.406 e. The molecule has 1 rings (SSSR count). The Labute approximate surface area is 108 Å². The molecule has 0 aliphatic rings. The fraction of sp³-hybridized carbons (Fsp3) is 0.417. The van der Waals surface area contributed by atoms with E-state index in [2.05, 4.69) is 10.1 Å². The highest BCUT2D eigenvalue weighted by Crippen LogP contribution is 2.22. The number of amides is 1. The molecule has 0 unspecified atom stereocenters. The van der Waals surface area contributed by atoms with Gasteiger partial charge in [0, 0.05) is 18.7 Å². The highest BCUT2D eigenvalue weighted by molar-refractivity contribution is 5.94. The molecule has 0 fully saturated rings. The molecule has 0 aliphatic carbocycles. The number of halogens is 3. The molecule has 0 radical (unpaired) electrons. The van der Waals surface area contributed by atoms with Crippen LogP contribution in [0.5, 0.6) is 5.75 Å². The molecule has 1 amide bonds. The molecule has 7 heteroatoms. The number of carbonyl (C=O) groups is 1. The van der Waals surface area contributed by atoms with E-state index in [1.165, 1.54) is 12.1 Å². The topological polar surface area (TPSA) is 58.6 Å². The van der Waals surface area contributed by atoms with Gasteiger partial charge in [-0.2, -0.15) is 0 Å². The third kappa shape index (κ3) is 6.10. The van der Waals surface area contributed by atoms with Crippen molar-refractivity contribution in [2.45, 2.75) is 19.2 Å². The molecule has 0 saturated carbocycles. The molecule has 0 heterocycles. The van der Waals surface area contributed by atoms with E-state index < -0.39 is 6.36 Å². The van der Waals surface area contributed by atoms with Crippen molar-refractivity contribution in [3.63, 3.8) is 0 Å². The Bertz CT molecular complexity index is 404. The monoisotopic (exact) mass is 277 g/mol. The van der Waals surface area contributed by atoms with Crippen molar-refractivity contribution in [1.82, 2.24) is 5.32 Å². The summed E-state index contributed by atoms with van der Waals surface area (Å²) in [5.41, 5.74) is 0.249. The third-order valence-electron chi connectivity index (χ3n) is 2.22. The van der Waals surface area contributed by atoms with Crippen molar-refractivity contribution >= 4 is 5.91 Å². The smallest absolute Gasteiger partial charge is 0.406 e. The van der Waals surface area contributed by atoms with E-state index in [0.717, 1.165) is 12.1 Å². The minimum absolute atomic E-state index is 0.0549. The van der Waals surface area contributed by atoms with Crippen LogP contribution in [-0.2, 0) is 0 Å². The summed E-state index contributed by atoms with van der Waals surface area (Å²) in [6.07, 6.45) is -3.52. The quantitative estimate of drug-likeness (QED) is 0.783. The maximum atomic E-state index is 11.9. The first-order valence-corrected chi connectivity index (χ1v) is 5.67. The third-order valence-corrected chi connectivity index (χ3v) is 2.22. The zero-order valence-electron chi connectivity index (χ0n) is 10.0. The highest BCUT2D eigenvalue weighted by atomic mass is 19.4. The lowest BCUT2D eigenvalue weighted by Crippen LogP contribution is -2.24. The molecule has 0 saturated heterocycles. The number of aliphatic hydroxyl groups is 1. The summed E-state index contributed by atoms with van der Waals surface area (Å²) in [5.74, 6) is -0.749. The summed E-state index contributed by atoms with van der Waals surface area (Å²) in [7, 11) is 0. The number of alkyl halides is 3. The molecule has 19 heavy (non-hydrogen) atoms. The number of nitrogens with one attached hydrogen (secondary N) is 1. The van der Waals surface area contributed by atoms with Crippen LogP contribution in [0, 0.1) is 0 Å². The average molecular weight is 277 g/mol. The van der Waals surface area contributed by atoms with E-state index in [0.29, 0.717) is 19.4 Å². The molecule has 0 bridgehead atoms. The van der Waals surface area contributed by atoms with Gasteiger partial charge in [-0.05, 0) is 37.1 Å². The van der Waals surface area contributed by atoms with Gasteiger partial charge in [-0.25, -0.2) is 0 Å². The number of unbranched alkanes of at least 4 members (excludes halogenated alkanes) is 1. The lowest BCUT2D eigenvalue weighted by Gasteiger charge is -2.09. The summed E-state index contributed by atoms with van der Waals surface area (Å²) in [6, 6.07) is 4.66. The maximum Gasteiger partial charge on any atom is 0.573 e. The number of aliphatic hydroxyl groups excluding tert-OH is 1. The van der Waals surface area contributed by atoms with Gasteiger partial charge in [0.05, 0.1) is 0 Å². The van der Waals surface area contributed by atoms with Gasteiger partial charge in [0.15, 0.2) is 0 Å². The van der Waals surface area contributed by atoms with Crippen LogP contribution in [0.25, 0.3) is 0 Å². The lowest BCUT2D eigenvalue weighted by atomic mass is 10.2. The van der Waals surface area contributed by atoms with Crippen molar-refractivity contribution < 1.29 is 27.8 Å². The minimum atomic E-state index is -4.74. The van der Waals surface area contributed by atoms with Gasteiger partial charge in [0.1, 0.15) is 5.75 Å². The second-order valence-corrected chi connectivity index (χ2v) is 3.76. The van der Waals surface area contributed by atoms with Crippen LogP contribution in [0.1, 0.15) is 23.2 Å². The Morgan fingerprint density at radius 3 is 2.37 bits per heavy atom. The molecule has 1 aromatic carbocycles. The van der Waals surface area contributed by atoms with E-state index >= 15 is 0 Å². The van der Waals surface area contributed by atoms with Gasteiger partial charge in [0.25, 0.3) is 5.91 Å². The SMILES string of the molecule is O=C(NCCCCO)c1ccc(OC(F)(F)F)cc1. The van der Waals surface area contributed by atoms with E-state index in [4.69, 9.17) is 5.11 Å². The largest absolute Gasteiger partial charge is 0.573 e. The van der Waals surface area contributed by atoms with Crippen LogP contribution < -0.4 is 10.1 Å². The maximum absolute atomic E-state index is 11.9. The first-order chi connectivity index (χ1) is 8.92. The predicted molar refractivity (Wildman–Crippen MR) is 61.8 cm³/mol. The Balaban J connectivity index is 2.49. The zero-order valence-corrected chi connectivity index (χ0v) is 10.0. The molecular formula is C12H14F3NO3. The Hall–Kier alpha value is -1.76. The fourth-order valence-corrected chi connectivity index (χ4v) is 1.35. The number of hydrogen-bond donors (Lipinski definition) is 2. The van der Waals surface area contributed by atoms with Gasteiger partial charge in [-0.1, -0.05) is 0 Å². The van der Waals surface area contributed by atoms with E-state index in [-0.39, 0.29) is 23.8 Å². The Morgan fingerprint density at radius 1 is 1.21 bits per heavy atom. The lowest BCUT2D eigenvalue weighted by molar-refractivity contribution is -0.274. The van der Waals surface area contributed by atoms with Crippen LogP contribution >= 0.6 is 0 Å². The van der Waals surface area contributed by atoms with Crippen LogP contribution in [0.4, 0.5) is 13.2 Å². The van der Waals surface area contributed by atoms with Crippen molar-refractivity contribution in [1.29, 1.82) is 0 Å². The van der Waals surface area contributed by atoms with Crippen molar-refractivity contribution in [3.05, 3.63) is 29.8 Å². The zero-order chi connectivity index (χ0) is 14.3. The van der Waals surface area contributed by atoms with Gasteiger partial charge < -0.3 is 15.2 Å². The number of hydrogen-bond acceptors (Lipinski definition) is 3. The molecule has 0 spiro atoms. The summed E-state index contributed by atoms with van der Waals surface area (Å²) >= 11 is 0. The summed E-state index contributed by atoms with van der Waals surface area (Å²) in [4.78, 5) is 11.6. The fourth-order valence-electron chi connectivity index (χ4n) is 1.35. The molecule has 0 atom stereocenters. The first-order valence-electron chi connectivity index (χ1n) is 5.67. The van der Waals surface area contributed by atoms with E-state index in [9.17, 15) is 18.0 Å². The molecule has 106 valence electrons. The second kappa shape index (κ2) is 6.98. The second-order valence-electron chi connectivity index (χ2n) is 3.76.